The minimum atomic E-state index is -3.83. The molecule has 3 aromatic rings. The van der Waals surface area contributed by atoms with E-state index in [-0.39, 0.29) is 27.5 Å². The van der Waals surface area contributed by atoms with E-state index >= 15 is 0 Å². The Morgan fingerprint density at radius 1 is 0.967 bits per heavy atom. The fourth-order valence-corrected chi connectivity index (χ4v) is 3.82. The molecule has 3 rings (SSSR count). The molecule has 0 saturated carbocycles. The van der Waals surface area contributed by atoms with Gasteiger partial charge in [-0.2, -0.15) is 0 Å². The second-order valence-corrected chi connectivity index (χ2v) is 8.39. The Morgan fingerprint density at radius 2 is 1.67 bits per heavy atom. The molecule has 3 aromatic carbocycles. The molecule has 154 valence electrons. The van der Waals surface area contributed by atoms with Gasteiger partial charge < -0.3 is 5.32 Å². The Kier molecular flexibility index (Phi) is 5.84. The van der Waals surface area contributed by atoms with Crippen LogP contribution in [0.1, 0.15) is 21.5 Å². The summed E-state index contributed by atoms with van der Waals surface area (Å²) in [5.74, 6) is -0.522. The maximum Gasteiger partial charge on any atom is 0.271 e. The van der Waals surface area contributed by atoms with Crippen LogP contribution < -0.4 is 10.0 Å². The van der Waals surface area contributed by atoms with Crippen molar-refractivity contribution in [1.29, 1.82) is 0 Å². The minimum absolute atomic E-state index is 0.110. The van der Waals surface area contributed by atoms with E-state index in [1.165, 1.54) is 42.5 Å². The molecule has 0 heterocycles. The Bertz CT molecular complexity index is 1220. The van der Waals surface area contributed by atoms with Crippen LogP contribution in [0.4, 0.5) is 17.1 Å². The Balaban J connectivity index is 1.84. The molecule has 9 heteroatoms. The van der Waals surface area contributed by atoms with Gasteiger partial charge in [0.1, 0.15) is 0 Å². The smallest absolute Gasteiger partial charge is 0.271 e. The summed E-state index contributed by atoms with van der Waals surface area (Å²) in [6.45, 7) is 3.58. The fraction of sp³-hybridized carbons (Fsp3) is 0.0952. The van der Waals surface area contributed by atoms with Gasteiger partial charge in [0.15, 0.2) is 0 Å². The number of carbonyl (C=O) groups is 1. The standard InChI is InChI=1S/C21H19N3O5S/c1-14-6-10-19(11-7-14)30(28,29)23-20-12-16(9-8-15(20)2)21(25)22-17-4-3-5-18(13-17)24(26)27/h3-13,23H,1-2H3,(H,22,25). The van der Waals surface area contributed by atoms with Crippen molar-refractivity contribution in [3.8, 4) is 0 Å². The Morgan fingerprint density at radius 3 is 2.33 bits per heavy atom. The molecular formula is C21H19N3O5S. The number of carbonyl (C=O) groups excluding carboxylic acids is 1. The van der Waals surface area contributed by atoms with E-state index in [1.54, 1.807) is 31.2 Å². The van der Waals surface area contributed by atoms with Gasteiger partial charge >= 0.3 is 0 Å². The highest BCUT2D eigenvalue weighted by Crippen LogP contribution is 2.23. The van der Waals surface area contributed by atoms with Crippen molar-refractivity contribution in [3.63, 3.8) is 0 Å². The molecule has 0 aliphatic heterocycles. The third-order valence-electron chi connectivity index (χ3n) is 4.39. The normalized spacial score (nSPS) is 11.0. The average molecular weight is 425 g/mol. The lowest BCUT2D eigenvalue weighted by molar-refractivity contribution is -0.384. The predicted octanol–water partition coefficient (Wildman–Crippen LogP) is 4.26. The number of rotatable bonds is 6. The number of anilines is 2. The van der Waals surface area contributed by atoms with Gasteiger partial charge in [-0.05, 0) is 49.7 Å². The van der Waals surface area contributed by atoms with E-state index < -0.39 is 20.9 Å². The van der Waals surface area contributed by atoms with Crippen LogP contribution in [-0.2, 0) is 10.0 Å². The summed E-state index contributed by atoms with van der Waals surface area (Å²) in [6, 6.07) is 16.6. The number of non-ortho nitro benzene ring substituents is 1. The lowest BCUT2D eigenvalue weighted by Gasteiger charge is -2.13. The van der Waals surface area contributed by atoms with Crippen LogP contribution in [0.15, 0.2) is 71.6 Å². The molecule has 0 radical (unpaired) electrons. The van der Waals surface area contributed by atoms with E-state index in [0.29, 0.717) is 5.56 Å². The van der Waals surface area contributed by atoms with E-state index in [4.69, 9.17) is 0 Å². The number of amides is 1. The minimum Gasteiger partial charge on any atom is -0.322 e. The first-order valence-corrected chi connectivity index (χ1v) is 10.4. The van der Waals surface area contributed by atoms with E-state index in [1.807, 2.05) is 6.92 Å². The molecule has 0 aliphatic rings. The summed E-state index contributed by atoms with van der Waals surface area (Å²) in [7, 11) is -3.83. The maximum atomic E-state index is 12.7. The number of hydrogen-bond donors (Lipinski definition) is 2. The van der Waals surface area contributed by atoms with Gasteiger partial charge in [0.25, 0.3) is 21.6 Å². The molecule has 0 aromatic heterocycles. The summed E-state index contributed by atoms with van der Waals surface area (Å²) >= 11 is 0. The number of nitro benzene ring substituents is 1. The molecule has 2 N–H and O–H groups in total. The molecule has 30 heavy (non-hydrogen) atoms. The molecule has 0 unspecified atom stereocenters. The first-order valence-electron chi connectivity index (χ1n) is 8.92. The molecule has 0 atom stereocenters. The van der Waals surface area contributed by atoms with Crippen LogP contribution in [0.5, 0.6) is 0 Å². The number of benzene rings is 3. The van der Waals surface area contributed by atoms with Crippen molar-refractivity contribution in [1.82, 2.24) is 0 Å². The van der Waals surface area contributed by atoms with Crippen molar-refractivity contribution in [2.24, 2.45) is 0 Å². The predicted molar refractivity (Wildman–Crippen MR) is 114 cm³/mol. The van der Waals surface area contributed by atoms with Crippen LogP contribution >= 0.6 is 0 Å². The van der Waals surface area contributed by atoms with Crippen molar-refractivity contribution in [2.75, 3.05) is 10.0 Å². The molecule has 0 bridgehead atoms. The van der Waals surface area contributed by atoms with Crippen LogP contribution in [0, 0.1) is 24.0 Å². The third-order valence-corrected chi connectivity index (χ3v) is 5.77. The van der Waals surface area contributed by atoms with Crippen LogP contribution in [0.2, 0.25) is 0 Å². The molecule has 0 saturated heterocycles. The van der Waals surface area contributed by atoms with Crippen molar-refractivity contribution >= 4 is 33.0 Å². The monoisotopic (exact) mass is 425 g/mol. The van der Waals surface area contributed by atoms with E-state index in [0.717, 1.165) is 5.56 Å². The molecule has 8 nitrogen and oxygen atoms in total. The van der Waals surface area contributed by atoms with Gasteiger partial charge in [0.2, 0.25) is 0 Å². The van der Waals surface area contributed by atoms with E-state index in [2.05, 4.69) is 10.0 Å². The Hall–Kier alpha value is -3.72. The molecule has 0 aliphatic carbocycles. The van der Waals surface area contributed by atoms with Gasteiger partial charge in [-0.15, -0.1) is 0 Å². The fourth-order valence-electron chi connectivity index (χ4n) is 2.69. The van der Waals surface area contributed by atoms with Crippen molar-refractivity contribution in [2.45, 2.75) is 18.7 Å². The SMILES string of the molecule is Cc1ccc(S(=O)(=O)Nc2cc(C(=O)Nc3cccc([N+](=O)[O-])c3)ccc2C)cc1. The number of nitro groups is 1. The summed E-state index contributed by atoms with van der Waals surface area (Å²) in [5.41, 5.74) is 2.15. The highest BCUT2D eigenvalue weighted by Gasteiger charge is 2.17. The molecule has 0 fully saturated rings. The van der Waals surface area contributed by atoms with Crippen molar-refractivity contribution in [3.05, 3.63) is 93.5 Å². The molecular weight excluding hydrogens is 406 g/mol. The van der Waals surface area contributed by atoms with Gasteiger partial charge in [0.05, 0.1) is 15.5 Å². The number of hydrogen-bond acceptors (Lipinski definition) is 5. The zero-order valence-electron chi connectivity index (χ0n) is 16.2. The molecule has 1 amide bonds. The van der Waals surface area contributed by atoms with Crippen LogP contribution in [0.25, 0.3) is 0 Å². The number of sulfonamides is 1. The second-order valence-electron chi connectivity index (χ2n) is 6.71. The maximum absolute atomic E-state index is 12.7. The average Bonchev–Trinajstić information content (AvgIpc) is 2.70. The lowest BCUT2D eigenvalue weighted by atomic mass is 10.1. The second kappa shape index (κ2) is 8.34. The topological polar surface area (TPSA) is 118 Å². The Labute approximate surface area is 173 Å². The zero-order chi connectivity index (χ0) is 21.9. The van der Waals surface area contributed by atoms with Crippen LogP contribution in [-0.4, -0.2) is 19.2 Å². The highest BCUT2D eigenvalue weighted by atomic mass is 32.2. The number of nitrogens with one attached hydrogen (secondary N) is 2. The van der Waals surface area contributed by atoms with Gasteiger partial charge in [-0.3, -0.25) is 19.6 Å². The van der Waals surface area contributed by atoms with Crippen LogP contribution in [0.3, 0.4) is 0 Å². The zero-order valence-corrected chi connectivity index (χ0v) is 17.1. The van der Waals surface area contributed by atoms with Gasteiger partial charge in [-0.1, -0.05) is 29.8 Å². The lowest BCUT2D eigenvalue weighted by Crippen LogP contribution is -2.16. The summed E-state index contributed by atoms with van der Waals surface area (Å²) in [4.78, 5) is 23.0. The highest BCUT2D eigenvalue weighted by molar-refractivity contribution is 7.92. The first-order chi connectivity index (χ1) is 14.2. The summed E-state index contributed by atoms with van der Waals surface area (Å²) < 4.78 is 27.8. The van der Waals surface area contributed by atoms with Gasteiger partial charge in [-0.25, -0.2) is 8.42 Å². The first kappa shape index (κ1) is 21.0. The van der Waals surface area contributed by atoms with E-state index in [9.17, 15) is 23.3 Å². The van der Waals surface area contributed by atoms with Crippen molar-refractivity contribution < 1.29 is 18.1 Å². The third kappa shape index (κ3) is 4.81. The quantitative estimate of drug-likeness (QED) is 0.452. The van der Waals surface area contributed by atoms with Gasteiger partial charge in [0, 0.05) is 23.4 Å². The number of aryl methyl sites for hydroxylation is 2. The largest absolute Gasteiger partial charge is 0.322 e. The summed E-state index contributed by atoms with van der Waals surface area (Å²) in [6.07, 6.45) is 0. The molecule has 0 spiro atoms. The summed E-state index contributed by atoms with van der Waals surface area (Å²) in [5, 5.41) is 13.5. The number of nitrogens with zero attached hydrogens (tertiary/aromatic N) is 1.